The van der Waals surface area contributed by atoms with Crippen LogP contribution in [0.25, 0.3) is 0 Å². The number of alkyl carbamates (subject to hydrolysis) is 1. The van der Waals surface area contributed by atoms with Gasteiger partial charge in [-0.2, -0.15) is 0 Å². The molecule has 1 aliphatic rings. The van der Waals surface area contributed by atoms with E-state index in [9.17, 15) is 4.79 Å². The van der Waals surface area contributed by atoms with Crippen molar-refractivity contribution in [3.63, 3.8) is 0 Å². The molecule has 1 fully saturated rings. The van der Waals surface area contributed by atoms with E-state index in [0.29, 0.717) is 18.6 Å². The van der Waals surface area contributed by atoms with Gasteiger partial charge in [0, 0.05) is 12.6 Å². The maximum atomic E-state index is 11.6. The van der Waals surface area contributed by atoms with E-state index in [2.05, 4.69) is 10.6 Å². The van der Waals surface area contributed by atoms with E-state index in [1.807, 2.05) is 37.4 Å². The third-order valence-corrected chi connectivity index (χ3v) is 4.00. The summed E-state index contributed by atoms with van der Waals surface area (Å²) in [6, 6.07) is 10.4. The molecule has 0 saturated heterocycles. The molecule has 2 N–H and O–H groups in total. The minimum Gasteiger partial charge on any atom is -0.445 e. The van der Waals surface area contributed by atoms with E-state index < -0.39 is 0 Å². The van der Waals surface area contributed by atoms with Crippen molar-refractivity contribution in [3.8, 4) is 0 Å². The van der Waals surface area contributed by atoms with Crippen molar-refractivity contribution in [2.24, 2.45) is 5.92 Å². The van der Waals surface area contributed by atoms with Gasteiger partial charge in [0.2, 0.25) is 0 Å². The molecule has 1 saturated carbocycles. The summed E-state index contributed by atoms with van der Waals surface area (Å²) in [7, 11) is 2.02. The Labute approximate surface area is 120 Å². The first kappa shape index (κ1) is 14.9. The van der Waals surface area contributed by atoms with Gasteiger partial charge in [0.1, 0.15) is 6.61 Å². The lowest BCUT2D eigenvalue weighted by Gasteiger charge is -2.28. The van der Waals surface area contributed by atoms with Crippen LogP contribution in [0, 0.1) is 5.92 Å². The summed E-state index contributed by atoms with van der Waals surface area (Å²) in [4.78, 5) is 11.6. The van der Waals surface area contributed by atoms with Crippen molar-refractivity contribution < 1.29 is 9.53 Å². The van der Waals surface area contributed by atoms with Crippen molar-refractivity contribution in [2.75, 3.05) is 13.6 Å². The minimum atomic E-state index is -0.315. The smallest absolute Gasteiger partial charge is 0.407 e. The SMILES string of the molecule is CN[C@H]1CC[C@H](CNC(=O)OCc2ccccc2)CC1. The highest BCUT2D eigenvalue weighted by Crippen LogP contribution is 2.23. The average Bonchev–Trinajstić information content (AvgIpc) is 2.52. The number of nitrogens with one attached hydrogen (secondary N) is 2. The van der Waals surface area contributed by atoms with E-state index in [1.54, 1.807) is 0 Å². The molecule has 1 aromatic carbocycles. The maximum Gasteiger partial charge on any atom is 0.407 e. The molecule has 0 spiro atoms. The number of hydrogen-bond donors (Lipinski definition) is 2. The van der Waals surface area contributed by atoms with Crippen molar-refractivity contribution in [2.45, 2.75) is 38.3 Å². The van der Waals surface area contributed by atoms with E-state index >= 15 is 0 Å². The number of rotatable bonds is 5. The fourth-order valence-electron chi connectivity index (χ4n) is 2.66. The van der Waals surface area contributed by atoms with Crippen LogP contribution in [0.2, 0.25) is 0 Å². The number of ether oxygens (including phenoxy) is 1. The van der Waals surface area contributed by atoms with Crippen LogP contribution in [0.15, 0.2) is 30.3 Å². The highest BCUT2D eigenvalue weighted by molar-refractivity contribution is 5.67. The van der Waals surface area contributed by atoms with Crippen molar-refractivity contribution in [1.82, 2.24) is 10.6 Å². The van der Waals surface area contributed by atoms with Crippen LogP contribution in [-0.2, 0) is 11.3 Å². The fraction of sp³-hybridized carbons (Fsp3) is 0.562. The van der Waals surface area contributed by atoms with Gasteiger partial charge < -0.3 is 15.4 Å². The van der Waals surface area contributed by atoms with E-state index in [1.165, 1.54) is 25.7 Å². The molecule has 110 valence electrons. The summed E-state index contributed by atoms with van der Waals surface area (Å²) in [5, 5.41) is 6.19. The number of benzene rings is 1. The van der Waals surface area contributed by atoms with Crippen LogP contribution in [0.3, 0.4) is 0 Å². The summed E-state index contributed by atoms with van der Waals surface area (Å²) >= 11 is 0. The quantitative estimate of drug-likeness (QED) is 0.869. The Hall–Kier alpha value is -1.55. The normalized spacial score (nSPS) is 22.2. The molecule has 2 rings (SSSR count). The molecular weight excluding hydrogens is 252 g/mol. The average molecular weight is 276 g/mol. The van der Waals surface area contributed by atoms with Crippen LogP contribution in [0.4, 0.5) is 4.79 Å². The first-order chi connectivity index (χ1) is 9.78. The predicted molar refractivity (Wildman–Crippen MR) is 79.4 cm³/mol. The van der Waals surface area contributed by atoms with Crippen molar-refractivity contribution >= 4 is 6.09 Å². The van der Waals surface area contributed by atoms with Gasteiger partial charge in [0.25, 0.3) is 0 Å². The van der Waals surface area contributed by atoms with Gasteiger partial charge in [-0.3, -0.25) is 0 Å². The second-order valence-corrected chi connectivity index (χ2v) is 5.45. The van der Waals surface area contributed by atoms with Crippen LogP contribution in [-0.4, -0.2) is 25.7 Å². The predicted octanol–water partition coefficient (Wildman–Crippen LogP) is 2.69. The van der Waals surface area contributed by atoms with Gasteiger partial charge in [-0.05, 0) is 44.2 Å². The lowest BCUT2D eigenvalue weighted by atomic mass is 9.86. The Balaban J connectivity index is 1.61. The zero-order valence-corrected chi connectivity index (χ0v) is 12.1. The highest BCUT2D eigenvalue weighted by Gasteiger charge is 2.20. The largest absolute Gasteiger partial charge is 0.445 e. The number of carbonyl (C=O) groups excluding carboxylic acids is 1. The summed E-state index contributed by atoms with van der Waals surface area (Å²) in [5.74, 6) is 0.587. The molecule has 4 heteroatoms. The van der Waals surface area contributed by atoms with Gasteiger partial charge >= 0.3 is 6.09 Å². The first-order valence-electron chi connectivity index (χ1n) is 7.39. The van der Waals surface area contributed by atoms with Crippen LogP contribution in [0.5, 0.6) is 0 Å². The number of carbonyl (C=O) groups is 1. The Morgan fingerprint density at radius 2 is 1.90 bits per heavy atom. The molecule has 0 heterocycles. The van der Waals surface area contributed by atoms with Gasteiger partial charge in [0.05, 0.1) is 0 Å². The molecule has 0 bridgehead atoms. The second-order valence-electron chi connectivity index (χ2n) is 5.45. The third kappa shape index (κ3) is 4.85. The molecule has 0 unspecified atom stereocenters. The summed E-state index contributed by atoms with van der Waals surface area (Å²) in [6.07, 6.45) is 4.42. The Morgan fingerprint density at radius 3 is 2.55 bits per heavy atom. The van der Waals surface area contributed by atoms with Crippen molar-refractivity contribution in [3.05, 3.63) is 35.9 Å². The highest BCUT2D eigenvalue weighted by atomic mass is 16.5. The van der Waals surface area contributed by atoms with Crippen LogP contribution in [0.1, 0.15) is 31.2 Å². The molecule has 0 atom stereocenters. The standard InChI is InChI=1S/C16H24N2O2/c1-17-15-9-7-13(8-10-15)11-18-16(19)20-12-14-5-3-2-4-6-14/h2-6,13,15,17H,7-12H2,1H3,(H,18,19)/t13-,15-. The van der Waals surface area contributed by atoms with E-state index in [-0.39, 0.29) is 6.09 Å². The zero-order chi connectivity index (χ0) is 14.2. The summed E-state index contributed by atoms with van der Waals surface area (Å²) in [6.45, 7) is 1.06. The molecule has 1 aliphatic carbocycles. The second kappa shape index (κ2) is 7.90. The van der Waals surface area contributed by atoms with Gasteiger partial charge in [-0.1, -0.05) is 30.3 Å². The lowest BCUT2D eigenvalue weighted by molar-refractivity contribution is 0.136. The van der Waals surface area contributed by atoms with Crippen LogP contribution < -0.4 is 10.6 Å². The molecule has 1 aromatic rings. The number of hydrogen-bond acceptors (Lipinski definition) is 3. The third-order valence-electron chi connectivity index (χ3n) is 4.00. The van der Waals surface area contributed by atoms with Crippen LogP contribution >= 0.6 is 0 Å². The monoisotopic (exact) mass is 276 g/mol. The van der Waals surface area contributed by atoms with Gasteiger partial charge in [0.15, 0.2) is 0 Å². The minimum absolute atomic E-state index is 0.315. The Kier molecular flexibility index (Phi) is 5.87. The number of amides is 1. The topological polar surface area (TPSA) is 50.4 Å². The summed E-state index contributed by atoms with van der Waals surface area (Å²) in [5.41, 5.74) is 1.01. The summed E-state index contributed by atoms with van der Waals surface area (Å²) < 4.78 is 5.20. The molecular formula is C16H24N2O2. The lowest BCUT2D eigenvalue weighted by Crippen LogP contribution is -2.35. The van der Waals surface area contributed by atoms with Gasteiger partial charge in [-0.15, -0.1) is 0 Å². The first-order valence-corrected chi connectivity index (χ1v) is 7.39. The zero-order valence-electron chi connectivity index (χ0n) is 12.1. The maximum absolute atomic E-state index is 11.6. The molecule has 4 nitrogen and oxygen atoms in total. The Bertz CT molecular complexity index is 400. The fourth-order valence-corrected chi connectivity index (χ4v) is 2.66. The van der Waals surface area contributed by atoms with E-state index in [4.69, 9.17) is 4.74 Å². The van der Waals surface area contributed by atoms with E-state index in [0.717, 1.165) is 12.1 Å². The molecule has 0 aromatic heterocycles. The molecule has 0 aliphatic heterocycles. The Morgan fingerprint density at radius 1 is 1.20 bits per heavy atom. The molecule has 1 amide bonds. The molecule has 20 heavy (non-hydrogen) atoms. The van der Waals surface area contributed by atoms with Crippen molar-refractivity contribution in [1.29, 1.82) is 0 Å². The molecule has 0 radical (unpaired) electrons. The van der Waals surface area contributed by atoms with Gasteiger partial charge in [-0.25, -0.2) is 4.79 Å².